The Kier molecular flexibility index (Phi) is 1.71. The van der Waals surface area contributed by atoms with Crippen LogP contribution in [-0.2, 0) is 5.66 Å². The Balaban J connectivity index is 1.51. The van der Waals surface area contributed by atoms with Crippen molar-refractivity contribution in [1.82, 2.24) is 24.9 Å². The summed E-state index contributed by atoms with van der Waals surface area (Å²) in [5.74, 6) is 0. The van der Waals surface area contributed by atoms with Crippen molar-refractivity contribution in [2.24, 2.45) is 0 Å². The first-order chi connectivity index (χ1) is 9.37. The highest BCUT2D eigenvalue weighted by Crippen LogP contribution is 2.60. The van der Waals surface area contributed by atoms with Crippen molar-refractivity contribution in [3.8, 4) is 11.3 Å². The Morgan fingerprint density at radius 1 is 1.11 bits per heavy atom. The first-order valence-corrected chi connectivity index (χ1v) is 6.98. The molecule has 5 heteroatoms. The number of aromatic nitrogens is 4. The van der Waals surface area contributed by atoms with Gasteiger partial charge in [0.25, 0.3) is 0 Å². The van der Waals surface area contributed by atoms with Gasteiger partial charge < -0.3 is 0 Å². The predicted octanol–water partition coefficient (Wildman–Crippen LogP) is 1.63. The molecule has 3 fully saturated rings. The molecule has 5 nitrogen and oxygen atoms in total. The van der Waals surface area contributed by atoms with Crippen LogP contribution in [0.2, 0.25) is 0 Å². The summed E-state index contributed by atoms with van der Waals surface area (Å²) in [4.78, 5) is 6.69. The van der Waals surface area contributed by atoms with Gasteiger partial charge in [-0.05, 0) is 25.0 Å². The largest absolute Gasteiger partial charge is 0.273 e. The fourth-order valence-electron chi connectivity index (χ4n) is 4.29. The quantitative estimate of drug-likeness (QED) is 0.816. The molecule has 0 aliphatic carbocycles. The van der Waals surface area contributed by atoms with E-state index in [9.17, 15) is 0 Å². The first-order valence-electron chi connectivity index (χ1n) is 6.98. The average molecular weight is 253 g/mol. The molecule has 0 spiro atoms. The minimum absolute atomic E-state index is 0.171. The molecule has 0 amide bonds. The summed E-state index contributed by atoms with van der Waals surface area (Å²) < 4.78 is 2.10. The van der Waals surface area contributed by atoms with Gasteiger partial charge in [-0.15, -0.1) is 5.10 Å². The van der Waals surface area contributed by atoms with Crippen LogP contribution in [0.4, 0.5) is 0 Å². The summed E-state index contributed by atoms with van der Waals surface area (Å²) in [5.41, 5.74) is 2.21. The molecule has 0 N–H and O–H groups in total. The van der Waals surface area contributed by atoms with Crippen LogP contribution in [0.25, 0.3) is 11.3 Å². The van der Waals surface area contributed by atoms with E-state index in [0.29, 0.717) is 0 Å². The van der Waals surface area contributed by atoms with Crippen molar-refractivity contribution in [2.75, 3.05) is 0 Å². The van der Waals surface area contributed by atoms with Gasteiger partial charge >= 0.3 is 0 Å². The van der Waals surface area contributed by atoms with Crippen molar-refractivity contribution in [1.29, 1.82) is 0 Å². The Morgan fingerprint density at radius 2 is 1.84 bits per heavy atom. The molecule has 3 saturated heterocycles. The lowest BCUT2D eigenvalue weighted by atomic mass is 9.75. The van der Waals surface area contributed by atoms with Crippen molar-refractivity contribution < 1.29 is 0 Å². The van der Waals surface area contributed by atoms with Gasteiger partial charge in [0.2, 0.25) is 0 Å². The molecule has 2 aromatic rings. The maximum atomic E-state index is 4.39. The zero-order chi connectivity index (χ0) is 12.4. The van der Waals surface area contributed by atoms with E-state index in [1.165, 1.54) is 25.7 Å². The van der Waals surface area contributed by atoms with Gasteiger partial charge in [0, 0.05) is 42.9 Å². The van der Waals surface area contributed by atoms with Gasteiger partial charge in [-0.2, -0.15) is 0 Å². The average Bonchev–Trinajstić information content (AvgIpc) is 2.94. The zero-order valence-electron chi connectivity index (χ0n) is 10.6. The van der Waals surface area contributed by atoms with E-state index >= 15 is 0 Å². The van der Waals surface area contributed by atoms with E-state index in [2.05, 4.69) is 31.1 Å². The van der Waals surface area contributed by atoms with E-state index in [0.717, 1.165) is 23.3 Å². The van der Waals surface area contributed by atoms with E-state index in [1.54, 1.807) is 12.4 Å². The Labute approximate surface area is 111 Å². The smallest absolute Gasteiger partial charge is 0.120 e. The summed E-state index contributed by atoms with van der Waals surface area (Å²) >= 11 is 0. The molecule has 19 heavy (non-hydrogen) atoms. The van der Waals surface area contributed by atoms with Gasteiger partial charge in [0.05, 0.1) is 6.20 Å². The summed E-state index contributed by atoms with van der Waals surface area (Å²) in [7, 11) is 0. The van der Waals surface area contributed by atoms with Crippen LogP contribution in [0.15, 0.2) is 30.7 Å². The molecule has 5 rings (SSSR count). The first kappa shape index (κ1) is 10.1. The maximum absolute atomic E-state index is 4.39. The molecule has 2 atom stereocenters. The third-order valence-corrected chi connectivity index (χ3v) is 5.12. The van der Waals surface area contributed by atoms with Crippen LogP contribution in [0.1, 0.15) is 25.7 Å². The Morgan fingerprint density at radius 3 is 2.58 bits per heavy atom. The third kappa shape index (κ3) is 1.12. The zero-order valence-corrected chi connectivity index (χ0v) is 10.6. The molecular weight excluding hydrogens is 238 g/mol. The van der Waals surface area contributed by atoms with Crippen molar-refractivity contribution in [3.63, 3.8) is 0 Å². The van der Waals surface area contributed by atoms with Crippen LogP contribution in [0, 0.1) is 0 Å². The van der Waals surface area contributed by atoms with Crippen LogP contribution in [0.3, 0.4) is 0 Å². The van der Waals surface area contributed by atoms with Gasteiger partial charge in [0.1, 0.15) is 11.4 Å². The van der Waals surface area contributed by atoms with E-state index in [1.807, 2.05) is 12.1 Å². The highest BCUT2D eigenvalue weighted by atomic mass is 15.6. The minimum atomic E-state index is 0.171. The SMILES string of the molecule is c1cc(-c2cn(C34CC5CCC(C3)N54)nn2)ccn1. The standard InChI is InChI=1S/C14H15N5/c1-2-12-8-14(7-11(1)19(12)14)18-9-13(16-17-18)10-3-5-15-6-4-10/h3-6,9,11-12H,1-2,7-8H2. The van der Waals surface area contributed by atoms with Gasteiger partial charge in [0.15, 0.2) is 0 Å². The molecule has 3 aliphatic heterocycles. The van der Waals surface area contributed by atoms with Gasteiger partial charge in [-0.1, -0.05) is 5.21 Å². The molecule has 0 bridgehead atoms. The van der Waals surface area contributed by atoms with Gasteiger partial charge in [-0.25, -0.2) is 4.68 Å². The topological polar surface area (TPSA) is 46.8 Å². The van der Waals surface area contributed by atoms with Crippen molar-refractivity contribution >= 4 is 0 Å². The second kappa shape index (κ2) is 3.22. The Bertz CT molecular complexity index is 620. The van der Waals surface area contributed by atoms with E-state index in [-0.39, 0.29) is 5.66 Å². The number of pyridine rings is 1. The fraction of sp³-hybridized carbons (Fsp3) is 0.500. The molecule has 3 aliphatic rings. The van der Waals surface area contributed by atoms with Gasteiger partial charge in [-0.3, -0.25) is 9.88 Å². The number of hydrogen-bond acceptors (Lipinski definition) is 4. The second-order valence-electron chi connectivity index (χ2n) is 5.97. The highest BCUT2D eigenvalue weighted by molar-refractivity contribution is 5.56. The monoisotopic (exact) mass is 253 g/mol. The summed E-state index contributed by atoms with van der Waals surface area (Å²) in [6.07, 6.45) is 10.9. The predicted molar refractivity (Wildman–Crippen MR) is 69.1 cm³/mol. The molecule has 5 heterocycles. The van der Waals surface area contributed by atoms with Crippen LogP contribution in [0.5, 0.6) is 0 Å². The molecule has 0 aromatic carbocycles. The van der Waals surface area contributed by atoms with Crippen LogP contribution >= 0.6 is 0 Å². The van der Waals surface area contributed by atoms with Crippen molar-refractivity contribution in [3.05, 3.63) is 30.7 Å². The molecule has 96 valence electrons. The molecular formula is C14H15N5. The third-order valence-electron chi connectivity index (χ3n) is 5.12. The lowest BCUT2D eigenvalue weighted by Crippen LogP contribution is -2.75. The number of piperidine rings is 1. The number of hydrogen-bond donors (Lipinski definition) is 0. The number of nitrogens with zero attached hydrogens (tertiary/aromatic N) is 5. The molecule has 0 radical (unpaired) electrons. The highest BCUT2D eigenvalue weighted by Gasteiger charge is 2.67. The summed E-state index contributed by atoms with van der Waals surface area (Å²) in [6.45, 7) is 0. The lowest BCUT2D eigenvalue weighted by molar-refractivity contribution is -0.225. The molecule has 2 unspecified atom stereocenters. The molecule has 0 saturated carbocycles. The maximum Gasteiger partial charge on any atom is 0.120 e. The Hall–Kier alpha value is -1.75. The second-order valence-corrected chi connectivity index (χ2v) is 5.97. The van der Waals surface area contributed by atoms with E-state index in [4.69, 9.17) is 0 Å². The fourth-order valence-corrected chi connectivity index (χ4v) is 4.29. The van der Waals surface area contributed by atoms with Crippen LogP contribution < -0.4 is 0 Å². The summed E-state index contributed by atoms with van der Waals surface area (Å²) in [6, 6.07) is 5.59. The van der Waals surface area contributed by atoms with Crippen molar-refractivity contribution in [2.45, 2.75) is 43.4 Å². The normalized spacial score (nSPS) is 35.6. The minimum Gasteiger partial charge on any atom is -0.273 e. The van der Waals surface area contributed by atoms with E-state index < -0.39 is 0 Å². The lowest BCUT2D eigenvalue weighted by Gasteiger charge is -2.65. The van der Waals surface area contributed by atoms with Crippen LogP contribution in [-0.4, -0.2) is 37.0 Å². The molecule has 2 aromatic heterocycles. The number of rotatable bonds is 2. The summed E-state index contributed by atoms with van der Waals surface area (Å²) in [5, 5.41) is 8.72.